The van der Waals surface area contributed by atoms with Crippen molar-refractivity contribution >= 4 is 38.2 Å². The molecular formula is C96H94N8O2S. The van der Waals surface area contributed by atoms with Crippen LogP contribution in [0.15, 0.2) is 179 Å². The summed E-state index contributed by atoms with van der Waals surface area (Å²) in [5.41, 5.74) is 31.1. The van der Waals surface area contributed by atoms with Gasteiger partial charge in [-0.1, -0.05) is 243 Å². The molecule has 13 aromatic rings. The Hall–Kier alpha value is -9.71. The molecule has 9 unspecified atom stereocenters. The molecule has 8 aromatic carbocycles. The van der Waals surface area contributed by atoms with Crippen molar-refractivity contribution in [1.29, 1.82) is 0 Å². The monoisotopic (exact) mass is 1420 g/mol. The molecule has 0 amide bonds. The van der Waals surface area contributed by atoms with Crippen LogP contribution in [-0.4, -0.2) is 46.7 Å². The Morgan fingerprint density at radius 1 is 0.477 bits per heavy atom. The number of fused-ring (bicyclic) bond motifs is 24. The maximum atomic E-state index is 15.8. The molecule has 1 spiro atoms. The molecule has 2 aliphatic heterocycles. The van der Waals surface area contributed by atoms with E-state index in [9.17, 15) is 0 Å². The fourth-order valence-electron chi connectivity index (χ4n) is 23.0. The van der Waals surface area contributed by atoms with Crippen molar-refractivity contribution in [3.63, 3.8) is 0 Å². The number of hydrogen-bond acceptors (Lipinski definition) is 8. The molecular weight excluding hydrogens is 1330 g/mol. The van der Waals surface area contributed by atoms with Gasteiger partial charge in [-0.3, -0.25) is 13.7 Å². The summed E-state index contributed by atoms with van der Waals surface area (Å²) in [6, 6.07) is 63.2. The van der Waals surface area contributed by atoms with Crippen LogP contribution in [0.25, 0.3) is 83.0 Å². The summed E-state index contributed by atoms with van der Waals surface area (Å²) in [6.45, 7) is 34.9. The van der Waals surface area contributed by atoms with Gasteiger partial charge in [-0.25, -0.2) is 24.7 Å². The molecule has 0 radical (unpaired) electrons. The normalized spacial score (nSPS) is 22.7. The molecule has 6 aliphatic carbocycles. The summed E-state index contributed by atoms with van der Waals surface area (Å²) in [7, 11) is 0. The largest absolute Gasteiger partial charge is 0.422 e. The Morgan fingerprint density at radius 2 is 0.972 bits per heavy atom. The van der Waals surface area contributed by atoms with E-state index < -0.39 is 0 Å². The number of hydrogen-bond donors (Lipinski definition) is 0. The topological polar surface area (TPSA) is 99.8 Å². The summed E-state index contributed by atoms with van der Waals surface area (Å²) >= 11 is 1.64. The third-order valence-corrected chi connectivity index (χ3v) is 28.5. The van der Waals surface area contributed by atoms with E-state index in [2.05, 4.69) is 285 Å². The molecule has 8 aliphatic rings. The lowest BCUT2D eigenvalue weighted by molar-refractivity contribution is 0.0544. The number of imidazole rings is 3. The van der Waals surface area contributed by atoms with Crippen LogP contribution in [-0.2, 0) is 11.8 Å². The standard InChI is InChI=1S/C96H94N8O2S/c1-48(2)58-33-24-34-59(49(3)4)82(58)102-85-70-44-96(45-74(85)97-90(102)54-27-18-15-19-28-54)72(70)47-101-46-71-66-41-67(80-87(66)103(91(99-80)55-29-20-16-21-30-55)83-60(50(5)6)35-25-36-61(83)51(7)8)76(71)68-39-57-40-69(94(105)106-89(57)79(96)86(68)101)93-98-73-42-64-65(43-75(73)107-93)78-88-81(77(64)95(78,13)14)100-92(56-31-22-17-23-32-56)104(88)84-62(52(9)10)37-26-38-63(84)53(11)12/h15-40,42-43,48-53,66-67,70-72,76-78H,41,44-47H2,1-14H3. The molecule has 9 atom stereocenters. The maximum Gasteiger partial charge on any atom is 0.346 e. The lowest BCUT2D eigenvalue weighted by Gasteiger charge is -2.65. The fourth-order valence-corrected chi connectivity index (χ4v) is 24.0. The highest BCUT2D eigenvalue weighted by Crippen LogP contribution is 2.74. The predicted octanol–water partition coefficient (Wildman–Crippen LogP) is 23.4. The van der Waals surface area contributed by atoms with Gasteiger partial charge in [0.2, 0.25) is 0 Å². The number of nitrogens with zero attached hydrogens (tertiary/aromatic N) is 8. The first-order valence-electron chi connectivity index (χ1n) is 40.0. The van der Waals surface area contributed by atoms with Crippen molar-refractivity contribution in [2.45, 2.75) is 193 Å². The average molecular weight is 1420 g/mol. The Labute approximate surface area is 632 Å². The van der Waals surface area contributed by atoms with E-state index in [1.807, 2.05) is 0 Å². The number of anilines is 1. The van der Waals surface area contributed by atoms with Crippen LogP contribution in [0.4, 0.5) is 5.69 Å². The molecule has 0 N–H and O–H groups in total. The molecule has 10 nitrogen and oxygen atoms in total. The van der Waals surface area contributed by atoms with Gasteiger partial charge in [-0.05, 0) is 146 Å². The summed E-state index contributed by atoms with van der Waals surface area (Å²) < 4.78 is 16.3. The third kappa shape index (κ3) is 8.89. The van der Waals surface area contributed by atoms with Gasteiger partial charge in [0.05, 0.1) is 61.3 Å². The van der Waals surface area contributed by atoms with Gasteiger partial charge in [0, 0.05) is 93.5 Å². The lowest BCUT2D eigenvalue weighted by atomic mass is 9.43. The SMILES string of the molecule is CC(C)c1cccc(C(C)C)c1-n1c(-c2ccccc2)nc2c1C1CC2C2c3cc4cc(-c5nc6cc7c(cc6s5)C5c6c(nc(-c8ccccc8)n6-c6c(C(C)C)cccc6C(C)C)C7C5(C)C)c(=O)oc4c4c3N(CC12)CC1C2CC41Cc1nc(-c3ccccc3)n(-c3c(C(C)C)cccc3C(C)C)c12. The highest BCUT2D eigenvalue weighted by molar-refractivity contribution is 7.21. The zero-order valence-electron chi connectivity index (χ0n) is 64.1. The van der Waals surface area contributed by atoms with E-state index in [1.165, 1.54) is 113 Å². The van der Waals surface area contributed by atoms with E-state index in [0.717, 1.165) is 87.7 Å². The minimum atomic E-state index is -0.329. The van der Waals surface area contributed by atoms with Gasteiger partial charge >= 0.3 is 5.63 Å². The average Bonchev–Trinajstić information content (AvgIpc) is 1.65. The van der Waals surface area contributed by atoms with Crippen molar-refractivity contribution in [2.24, 2.45) is 17.3 Å². The highest BCUT2D eigenvalue weighted by atomic mass is 32.1. The Morgan fingerprint density at radius 3 is 1.50 bits per heavy atom. The molecule has 536 valence electrons. The van der Waals surface area contributed by atoms with Crippen LogP contribution in [0.1, 0.15) is 271 Å². The Balaban J connectivity index is 0.756. The molecule has 7 heterocycles. The van der Waals surface area contributed by atoms with Gasteiger partial charge in [0.15, 0.2) is 0 Å². The molecule has 5 aromatic heterocycles. The fraction of sp³-hybridized carbons (Fsp3) is 0.365. The maximum absolute atomic E-state index is 15.8. The smallest absolute Gasteiger partial charge is 0.346 e. The lowest BCUT2D eigenvalue weighted by Crippen LogP contribution is -2.63. The van der Waals surface area contributed by atoms with Crippen molar-refractivity contribution < 1.29 is 4.42 Å². The highest BCUT2D eigenvalue weighted by Gasteiger charge is 2.68. The van der Waals surface area contributed by atoms with Gasteiger partial charge in [0.25, 0.3) is 0 Å². The molecule has 0 saturated heterocycles. The van der Waals surface area contributed by atoms with Crippen LogP contribution >= 0.6 is 11.3 Å². The molecule has 6 bridgehead atoms. The van der Waals surface area contributed by atoms with E-state index in [1.54, 1.807) is 11.3 Å². The van der Waals surface area contributed by atoms with E-state index in [4.69, 9.17) is 24.4 Å². The van der Waals surface area contributed by atoms with Crippen molar-refractivity contribution in [3.8, 4) is 61.8 Å². The Kier molecular flexibility index (Phi) is 14.2. The minimum absolute atomic E-state index is 0.0490. The summed E-state index contributed by atoms with van der Waals surface area (Å²) in [6.07, 6.45) is 2.78. The Bertz CT molecular complexity index is 5900. The number of thiazole rings is 1. The van der Waals surface area contributed by atoms with Crippen LogP contribution < -0.4 is 10.5 Å². The number of aromatic nitrogens is 7. The predicted molar refractivity (Wildman–Crippen MR) is 435 cm³/mol. The summed E-state index contributed by atoms with van der Waals surface area (Å²) in [4.78, 5) is 41.9. The first-order chi connectivity index (χ1) is 51.7. The zero-order valence-corrected chi connectivity index (χ0v) is 64.9. The molecule has 11 heteroatoms. The van der Waals surface area contributed by atoms with Crippen molar-refractivity contribution in [1.82, 2.24) is 33.6 Å². The number of para-hydroxylation sites is 3. The van der Waals surface area contributed by atoms with Crippen LogP contribution in [0.3, 0.4) is 0 Å². The van der Waals surface area contributed by atoms with Crippen LogP contribution in [0.5, 0.6) is 0 Å². The van der Waals surface area contributed by atoms with Crippen LogP contribution in [0.2, 0.25) is 0 Å². The second-order valence-corrected chi connectivity index (χ2v) is 36.6. The second kappa shape index (κ2) is 23.2. The van der Waals surface area contributed by atoms with Crippen LogP contribution in [0, 0.1) is 17.3 Å². The van der Waals surface area contributed by atoms with Gasteiger partial charge in [0.1, 0.15) is 28.1 Å². The van der Waals surface area contributed by atoms with E-state index in [-0.39, 0.29) is 57.9 Å². The number of benzene rings is 8. The molecule has 21 rings (SSSR count). The third-order valence-electron chi connectivity index (χ3n) is 27.4. The van der Waals surface area contributed by atoms with E-state index >= 15 is 4.79 Å². The first kappa shape index (κ1) is 65.6. The molecule has 2 saturated carbocycles. The second-order valence-electron chi connectivity index (χ2n) is 35.6. The van der Waals surface area contributed by atoms with Gasteiger partial charge < -0.3 is 9.32 Å². The molecule has 2 fully saturated rings. The summed E-state index contributed by atoms with van der Waals surface area (Å²) in [5, 5.41) is 1.69. The number of rotatable bonds is 13. The zero-order chi connectivity index (χ0) is 73.0. The van der Waals surface area contributed by atoms with E-state index in [0.29, 0.717) is 52.0 Å². The molecule has 107 heavy (non-hydrogen) atoms. The van der Waals surface area contributed by atoms with Gasteiger partial charge in [-0.2, -0.15) is 0 Å². The first-order valence-corrected chi connectivity index (χ1v) is 40.8. The quantitative estimate of drug-likeness (QED) is 0.106. The van der Waals surface area contributed by atoms with Crippen molar-refractivity contribution in [2.75, 3.05) is 18.0 Å². The minimum Gasteiger partial charge on any atom is -0.422 e. The van der Waals surface area contributed by atoms with Gasteiger partial charge in [-0.15, -0.1) is 11.3 Å². The summed E-state index contributed by atoms with van der Waals surface area (Å²) in [5.74, 6) is 6.49. The van der Waals surface area contributed by atoms with Crippen molar-refractivity contribution in [3.05, 3.63) is 270 Å².